The van der Waals surface area contributed by atoms with Crippen molar-refractivity contribution < 1.29 is 22.7 Å². The van der Waals surface area contributed by atoms with Gasteiger partial charge in [0.15, 0.2) is 0 Å². The second-order valence-corrected chi connectivity index (χ2v) is 12.0. The fourth-order valence-corrected chi connectivity index (χ4v) is 8.07. The molecule has 0 saturated heterocycles. The van der Waals surface area contributed by atoms with Gasteiger partial charge in [-0.25, -0.2) is 13.2 Å². The highest BCUT2D eigenvalue weighted by Crippen LogP contribution is 2.39. The number of aryl methyl sites for hydroxylation is 1. The third-order valence-corrected chi connectivity index (χ3v) is 9.81. The van der Waals surface area contributed by atoms with Crippen LogP contribution in [0.1, 0.15) is 63.4 Å². The first-order chi connectivity index (χ1) is 17.3. The number of esters is 1. The number of amides is 1. The summed E-state index contributed by atoms with van der Waals surface area (Å²) in [6.45, 7) is 3.87. The molecule has 0 fully saturated rings. The third-order valence-electron chi connectivity index (χ3n) is 6.68. The Morgan fingerprint density at radius 1 is 1.11 bits per heavy atom. The molecule has 5 rings (SSSR count). The first-order valence-electron chi connectivity index (χ1n) is 12.2. The average Bonchev–Trinajstić information content (AvgIpc) is 3.40. The van der Waals surface area contributed by atoms with E-state index in [4.69, 9.17) is 4.74 Å². The Morgan fingerprint density at radius 3 is 2.69 bits per heavy atom. The summed E-state index contributed by atoms with van der Waals surface area (Å²) < 4.78 is 34.0. The van der Waals surface area contributed by atoms with Gasteiger partial charge in [0.05, 0.1) is 22.8 Å². The molecule has 1 aliphatic heterocycles. The Balaban J connectivity index is 1.45. The van der Waals surface area contributed by atoms with Gasteiger partial charge in [0, 0.05) is 16.5 Å². The smallest absolute Gasteiger partial charge is 0.341 e. The van der Waals surface area contributed by atoms with E-state index in [9.17, 15) is 18.0 Å². The van der Waals surface area contributed by atoms with Gasteiger partial charge in [-0.15, -0.1) is 11.3 Å². The molecule has 1 atom stereocenters. The minimum absolute atomic E-state index is 0.0507. The van der Waals surface area contributed by atoms with Crippen LogP contribution in [-0.2, 0) is 34.0 Å². The number of nitrogens with one attached hydrogen (secondary N) is 1. The highest BCUT2D eigenvalue weighted by molar-refractivity contribution is 7.92. The first kappa shape index (κ1) is 24.5. The molecule has 0 unspecified atom stereocenters. The Kier molecular flexibility index (Phi) is 6.61. The molecule has 9 heteroatoms. The van der Waals surface area contributed by atoms with E-state index < -0.39 is 21.9 Å². The molecule has 2 aromatic carbocycles. The van der Waals surface area contributed by atoms with Gasteiger partial charge in [-0.05, 0) is 81.3 Å². The number of para-hydroxylation sites is 1. The number of anilines is 2. The number of thiophene rings is 1. The van der Waals surface area contributed by atoms with Crippen molar-refractivity contribution in [2.75, 3.05) is 16.2 Å². The Morgan fingerprint density at radius 2 is 1.89 bits per heavy atom. The zero-order chi connectivity index (χ0) is 25.4. The molecule has 1 N–H and O–H groups in total. The van der Waals surface area contributed by atoms with Gasteiger partial charge in [0.1, 0.15) is 5.00 Å². The van der Waals surface area contributed by atoms with Gasteiger partial charge in [-0.3, -0.25) is 9.10 Å². The summed E-state index contributed by atoms with van der Waals surface area (Å²) in [5.41, 5.74) is 3.24. The van der Waals surface area contributed by atoms with Gasteiger partial charge in [-0.2, -0.15) is 0 Å². The molecular weight excluding hydrogens is 496 g/mol. The molecule has 0 spiro atoms. The van der Waals surface area contributed by atoms with Crippen molar-refractivity contribution in [3.8, 4) is 0 Å². The van der Waals surface area contributed by atoms with Crippen LogP contribution in [0, 0.1) is 0 Å². The van der Waals surface area contributed by atoms with Crippen LogP contribution < -0.4 is 9.62 Å². The lowest BCUT2D eigenvalue weighted by Crippen LogP contribution is -2.35. The predicted octanol–water partition coefficient (Wildman–Crippen LogP) is 5.20. The molecule has 7 nitrogen and oxygen atoms in total. The number of benzene rings is 2. The van der Waals surface area contributed by atoms with Crippen LogP contribution in [0.5, 0.6) is 0 Å². The van der Waals surface area contributed by atoms with E-state index in [0.29, 0.717) is 22.7 Å². The summed E-state index contributed by atoms with van der Waals surface area (Å²) in [6, 6.07) is 13.3. The van der Waals surface area contributed by atoms with Crippen LogP contribution in [0.2, 0.25) is 0 Å². The number of carbonyl (C=O) groups is 2. The Bertz CT molecular complexity index is 1440. The molecule has 2 heterocycles. The van der Waals surface area contributed by atoms with E-state index >= 15 is 0 Å². The van der Waals surface area contributed by atoms with Gasteiger partial charge in [-0.1, -0.05) is 24.3 Å². The number of rotatable bonds is 6. The summed E-state index contributed by atoms with van der Waals surface area (Å²) in [6.07, 6.45) is 4.31. The van der Waals surface area contributed by atoms with Gasteiger partial charge >= 0.3 is 5.97 Å². The molecule has 2 aliphatic rings. The molecule has 1 aromatic heterocycles. The molecule has 0 bridgehead atoms. The van der Waals surface area contributed by atoms with E-state index in [-0.39, 0.29) is 23.1 Å². The molecule has 3 aromatic rings. The largest absolute Gasteiger partial charge is 0.462 e. The highest BCUT2D eigenvalue weighted by atomic mass is 32.2. The van der Waals surface area contributed by atoms with Gasteiger partial charge < -0.3 is 10.1 Å². The summed E-state index contributed by atoms with van der Waals surface area (Å²) in [4.78, 5) is 27.1. The average molecular weight is 525 g/mol. The van der Waals surface area contributed by atoms with Crippen molar-refractivity contribution in [3.63, 3.8) is 0 Å². The number of nitrogens with zero attached hydrogens (tertiary/aromatic N) is 1. The molecule has 1 amide bonds. The lowest BCUT2D eigenvalue weighted by atomic mass is 9.95. The van der Waals surface area contributed by atoms with Crippen molar-refractivity contribution in [3.05, 3.63) is 75.7 Å². The maximum atomic E-state index is 13.6. The van der Waals surface area contributed by atoms with Crippen LogP contribution in [0.25, 0.3) is 0 Å². The molecule has 36 heavy (non-hydrogen) atoms. The van der Waals surface area contributed by atoms with Crippen molar-refractivity contribution in [1.29, 1.82) is 0 Å². The maximum Gasteiger partial charge on any atom is 0.341 e. The summed E-state index contributed by atoms with van der Waals surface area (Å²) in [5, 5.41) is 3.33. The zero-order valence-corrected chi connectivity index (χ0v) is 21.9. The number of ether oxygens (including phenoxy) is 1. The van der Waals surface area contributed by atoms with Crippen molar-refractivity contribution in [2.45, 2.75) is 56.9 Å². The third kappa shape index (κ3) is 4.30. The first-order valence-corrected chi connectivity index (χ1v) is 14.4. The standard InChI is InChI=1S/C27H28N2O5S2/c1-3-34-27(31)24-21-12-5-7-14-23(21)35-26(24)28-25(30)19-10-8-11-20(16-19)36(32,33)29-17(2)15-18-9-4-6-13-22(18)29/h4,6,8-11,13,16-17H,3,5,7,12,14-15H2,1-2H3,(H,28,30)/t17-/m1/s1. The summed E-state index contributed by atoms with van der Waals surface area (Å²) >= 11 is 1.40. The number of carbonyl (C=O) groups excluding carboxylic acids is 2. The number of fused-ring (bicyclic) bond motifs is 2. The second kappa shape index (κ2) is 9.71. The Hall–Kier alpha value is -3.17. The fraction of sp³-hybridized carbons (Fsp3) is 0.333. The van der Waals surface area contributed by atoms with Crippen LogP contribution in [0.4, 0.5) is 10.7 Å². The topological polar surface area (TPSA) is 92.8 Å². The number of sulfonamides is 1. The number of hydrogen-bond acceptors (Lipinski definition) is 6. The normalized spacial score (nSPS) is 16.8. The van der Waals surface area contributed by atoms with Gasteiger partial charge in [0.2, 0.25) is 0 Å². The van der Waals surface area contributed by atoms with Crippen molar-refractivity contribution >= 4 is 43.9 Å². The van der Waals surface area contributed by atoms with Crippen molar-refractivity contribution in [2.24, 2.45) is 0 Å². The van der Waals surface area contributed by atoms with E-state index in [1.165, 1.54) is 27.8 Å². The minimum Gasteiger partial charge on any atom is -0.462 e. The van der Waals surface area contributed by atoms with E-state index in [1.807, 2.05) is 31.2 Å². The second-order valence-electron chi connectivity index (χ2n) is 9.10. The minimum atomic E-state index is -3.88. The van der Waals surface area contributed by atoms with Crippen LogP contribution in [0.15, 0.2) is 53.4 Å². The molecule has 1 aliphatic carbocycles. The molecular formula is C27H28N2O5S2. The fourth-order valence-electron chi connectivity index (χ4n) is 5.06. The van der Waals surface area contributed by atoms with E-state index in [0.717, 1.165) is 41.7 Å². The Labute approximate surface area is 215 Å². The van der Waals surface area contributed by atoms with E-state index in [1.54, 1.807) is 19.1 Å². The molecule has 0 radical (unpaired) electrons. The number of hydrogen-bond donors (Lipinski definition) is 1. The summed E-state index contributed by atoms with van der Waals surface area (Å²) in [5.74, 6) is -0.906. The lowest BCUT2D eigenvalue weighted by molar-refractivity contribution is 0.0526. The van der Waals surface area contributed by atoms with Crippen molar-refractivity contribution in [1.82, 2.24) is 0 Å². The highest BCUT2D eigenvalue weighted by Gasteiger charge is 2.36. The maximum absolute atomic E-state index is 13.6. The van der Waals surface area contributed by atoms with Crippen LogP contribution in [-0.4, -0.2) is 32.9 Å². The SMILES string of the molecule is CCOC(=O)c1c(NC(=O)c2cccc(S(=O)(=O)N3c4ccccc4C[C@H]3C)c2)sc2c1CCCC2. The quantitative estimate of drug-likeness (QED) is 0.448. The predicted molar refractivity (Wildman–Crippen MR) is 141 cm³/mol. The summed E-state index contributed by atoms with van der Waals surface area (Å²) in [7, 11) is -3.88. The van der Waals surface area contributed by atoms with E-state index in [2.05, 4.69) is 5.32 Å². The van der Waals surface area contributed by atoms with Gasteiger partial charge in [0.25, 0.3) is 15.9 Å². The molecule has 0 saturated carbocycles. The monoisotopic (exact) mass is 524 g/mol. The molecule has 188 valence electrons. The zero-order valence-electron chi connectivity index (χ0n) is 20.2. The van der Waals surface area contributed by atoms with Crippen LogP contribution >= 0.6 is 11.3 Å². The lowest BCUT2D eigenvalue weighted by Gasteiger charge is -2.24. The van der Waals surface area contributed by atoms with Crippen LogP contribution in [0.3, 0.4) is 0 Å².